The Labute approximate surface area is 210 Å². The van der Waals surface area contributed by atoms with E-state index in [1.807, 2.05) is 0 Å². The van der Waals surface area contributed by atoms with Crippen molar-refractivity contribution in [1.29, 1.82) is 0 Å². The molecule has 1 heterocycles. The first-order chi connectivity index (χ1) is 16.1. The fourth-order valence-electron chi connectivity index (χ4n) is 7.23. The van der Waals surface area contributed by atoms with Crippen LogP contribution in [0, 0.1) is 23.2 Å². The number of carbonyl (C=O) groups excluding carboxylic acids is 2. The van der Waals surface area contributed by atoms with Crippen LogP contribution in [0.15, 0.2) is 18.2 Å². The molecule has 186 valence electrons. The van der Waals surface area contributed by atoms with Gasteiger partial charge in [0.25, 0.3) is 0 Å². The number of amides is 2. The van der Waals surface area contributed by atoms with Crippen LogP contribution in [0.3, 0.4) is 0 Å². The molecule has 0 radical (unpaired) electrons. The lowest BCUT2D eigenvalue weighted by Crippen LogP contribution is -2.61. The first-order valence-corrected chi connectivity index (χ1v) is 14.0. The number of nitrogens with two attached hydrogens (primary N) is 1. The van der Waals surface area contributed by atoms with Crippen LogP contribution in [0.4, 0.5) is 5.69 Å². The Morgan fingerprint density at radius 2 is 1.79 bits per heavy atom. The lowest BCUT2D eigenvalue weighted by Gasteiger charge is -2.60. The number of rotatable bonds is 6. The summed E-state index contributed by atoms with van der Waals surface area (Å²) in [5, 5.41) is 3.80. The number of primary amides is 1. The van der Waals surface area contributed by atoms with E-state index in [1.165, 1.54) is 14.7 Å². The van der Waals surface area contributed by atoms with E-state index in [4.69, 9.17) is 28.9 Å². The normalized spacial score (nSPS) is 34.2. The van der Waals surface area contributed by atoms with Crippen LogP contribution >= 0.6 is 23.2 Å². The summed E-state index contributed by atoms with van der Waals surface area (Å²) in [4.78, 5) is 24.7. The summed E-state index contributed by atoms with van der Waals surface area (Å²) in [6, 6.07) is 4.74. The number of hydrogen-bond donors (Lipinski definition) is 2. The second-order valence-corrected chi connectivity index (χ2v) is 13.2. The van der Waals surface area contributed by atoms with E-state index in [0.29, 0.717) is 47.9 Å². The van der Waals surface area contributed by atoms with Gasteiger partial charge < -0.3 is 11.1 Å². The van der Waals surface area contributed by atoms with E-state index < -0.39 is 10.2 Å². The lowest BCUT2D eigenvalue weighted by atomic mass is 9.47. The van der Waals surface area contributed by atoms with Crippen molar-refractivity contribution in [1.82, 2.24) is 9.62 Å². The molecule has 2 amide bonds. The van der Waals surface area contributed by atoms with E-state index in [2.05, 4.69) is 5.32 Å². The molecule has 5 fully saturated rings. The van der Waals surface area contributed by atoms with Gasteiger partial charge in [0.2, 0.25) is 11.8 Å². The third kappa shape index (κ3) is 4.40. The van der Waals surface area contributed by atoms with Crippen molar-refractivity contribution >= 4 is 50.9 Å². The molecule has 1 aliphatic heterocycles. The molecule has 0 spiro atoms. The predicted molar refractivity (Wildman–Crippen MR) is 131 cm³/mol. The van der Waals surface area contributed by atoms with Crippen molar-refractivity contribution < 1.29 is 18.0 Å². The van der Waals surface area contributed by atoms with Gasteiger partial charge in [0.05, 0.1) is 22.3 Å². The summed E-state index contributed by atoms with van der Waals surface area (Å²) in [5.74, 6) is 0.707. The summed E-state index contributed by atoms with van der Waals surface area (Å²) < 4.78 is 29.1. The Hall–Kier alpha value is -1.55. The fourth-order valence-corrected chi connectivity index (χ4v) is 9.18. The second kappa shape index (κ2) is 8.84. The van der Waals surface area contributed by atoms with Crippen LogP contribution in [0.5, 0.6) is 0 Å². The Balaban J connectivity index is 1.26. The van der Waals surface area contributed by atoms with Crippen molar-refractivity contribution in [2.45, 2.75) is 51.0 Å². The van der Waals surface area contributed by atoms with Gasteiger partial charge in [-0.3, -0.25) is 13.9 Å². The first-order valence-electron chi connectivity index (χ1n) is 11.9. The van der Waals surface area contributed by atoms with Crippen molar-refractivity contribution in [3.8, 4) is 0 Å². The number of benzene rings is 1. The summed E-state index contributed by atoms with van der Waals surface area (Å²) >= 11 is 12.1. The Bertz CT molecular complexity index is 1100. The Morgan fingerprint density at radius 3 is 2.44 bits per heavy atom. The van der Waals surface area contributed by atoms with Crippen LogP contribution < -0.4 is 15.4 Å². The maximum Gasteiger partial charge on any atom is 0.304 e. The Morgan fingerprint density at radius 1 is 1.09 bits per heavy atom. The first kappa shape index (κ1) is 24.2. The summed E-state index contributed by atoms with van der Waals surface area (Å²) in [6.07, 6.45) is 5.98. The zero-order valence-corrected chi connectivity index (χ0v) is 21.2. The maximum absolute atomic E-state index is 13.3. The molecule has 8 nitrogen and oxygen atoms in total. The van der Waals surface area contributed by atoms with E-state index in [-0.39, 0.29) is 41.4 Å². The highest BCUT2D eigenvalue weighted by atomic mass is 35.5. The van der Waals surface area contributed by atoms with E-state index in [1.54, 1.807) is 12.1 Å². The van der Waals surface area contributed by atoms with Crippen molar-refractivity contribution in [3.63, 3.8) is 0 Å². The molecule has 1 saturated heterocycles. The molecule has 11 heteroatoms. The van der Waals surface area contributed by atoms with Crippen molar-refractivity contribution in [3.05, 3.63) is 28.2 Å². The van der Waals surface area contributed by atoms with Crippen LogP contribution in [0.25, 0.3) is 0 Å². The van der Waals surface area contributed by atoms with Crippen LogP contribution in [-0.4, -0.2) is 50.2 Å². The number of hydrogen-bond acceptors (Lipinski definition) is 4. The van der Waals surface area contributed by atoms with Gasteiger partial charge in [0, 0.05) is 25.6 Å². The highest BCUT2D eigenvalue weighted by molar-refractivity contribution is 7.90. The largest absolute Gasteiger partial charge is 0.370 e. The maximum atomic E-state index is 13.3. The molecule has 1 aromatic carbocycles. The molecule has 1 aromatic rings. The SMILES string of the molecule is NC(=O)CC12CC3CC(C1)C(NC(=O)CN1CCCN(c4ccc(Cl)c(Cl)c4)S1(=O)=O)C(C3)C2. The third-order valence-electron chi connectivity index (χ3n) is 8.16. The molecule has 2 atom stereocenters. The van der Waals surface area contributed by atoms with Gasteiger partial charge in [0.1, 0.15) is 0 Å². The van der Waals surface area contributed by atoms with E-state index >= 15 is 0 Å². The minimum absolute atomic E-state index is 0.0138. The van der Waals surface area contributed by atoms with Gasteiger partial charge in [-0.25, -0.2) is 0 Å². The molecule has 3 N–H and O–H groups in total. The van der Waals surface area contributed by atoms with E-state index in [9.17, 15) is 18.0 Å². The summed E-state index contributed by atoms with van der Waals surface area (Å²) in [7, 11) is -3.87. The predicted octanol–water partition coefficient (Wildman–Crippen LogP) is 2.94. The fraction of sp³-hybridized carbons (Fsp3) is 0.652. The van der Waals surface area contributed by atoms with Gasteiger partial charge in [-0.05, 0) is 79.9 Å². The number of anilines is 1. The molecule has 4 bridgehead atoms. The minimum Gasteiger partial charge on any atom is -0.370 e. The highest BCUT2D eigenvalue weighted by Crippen LogP contribution is 2.61. The third-order valence-corrected chi connectivity index (χ3v) is 10.8. The highest BCUT2D eigenvalue weighted by Gasteiger charge is 2.56. The second-order valence-electron chi connectivity index (χ2n) is 10.6. The topological polar surface area (TPSA) is 113 Å². The number of nitrogens with zero attached hydrogens (tertiary/aromatic N) is 2. The summed E-state index contributed by atoms with van der Waals surface area (Å²) in [6.45, 7) is 0.384. The average Bonchev–Trinajstić information content (AvgIpc) is 2.73. The molecular formula is C23H30Cl2N4O4S. The van der Waals surface area contributed by atoms with Crippen LogP contribution in [0.2, 0.25) is 10.0 Å². The number of halogens is 2. The molecule has 0 aromatic heterocycles. The average molecular weight is 529 g/mol. The van der Waals surface area contributed by atoms with Gasteiger partial charge in [-0.15, -0.1) is 0 Å². The number of nitrogens with one attached hydrogen (secondary N) is 1. The molecule has 2 unspecified atom stereocenters. The monoisotopic (exact) mass is 528 g/mol. The zero-order chi connectivity index (χ0) is 24.3. The minimum atomic E-state index is -3.87. The quantitative estimate of drug-likeness (QED) is 0.590. The smallest absolute Gasteiger partial charge is 0.304 e. The molecule has 5 aliphatic rings. The molecule has 34 heavy (non-hydrogen) atoms. The van der Waals surface area contributed by atoms with Crippen LogP contribution in [-0.2, 0) is 19.8 Å². The van der Waals surface area contributed by atoms with Gasteiger partial charge >= 0.3 is 10.2 Å². The van der Waals surface area contributed by atoms with Gasteiger partial charge in [-0.1, -0.05) is 23.2 Å². The molecule has 4 saturated carbocycles. The standard InChI is InChI=1S/C23H30Cl2N4O4S/c24-18-3-2-17(8-19(18)25)29-5-1-4-28(34(29,32)33)13-21(31)27-22-15-6-14-7-16(22)11-23(9-14,10-15)12-20(26)30/h2-3,8,14-16,22H,1,4-7,9-13H2,(H2,26,30)(H,27,31). The van der Waals surface area contributed by atoms with Crippen molar-refractivity contribution in [2.24, 2.45) is 28.9 Å². The lowest BCUT2D eigenvalue weighted by molar-refractivity contribution is -0.134. The van der Waals surface area contributed by atoms with Crippen molar-refractivity contribution in [2.75, 3.05) is 23.9 Å². The molecule has 6 rings (SSSR count). The molecule has 4 aliphatic carbocycles. The zero-order valence-electron chi connectivity index (χ0n) is 18.9. The van der Waals surface area contributed by atoms with Crippen LogP contribution in [0.1, 0.15) is 44.9 Å². The van der Waals surface area contributed by atoms with Gasteiger partial charge in [0.15, 0.2) is 0 Å². The molecular weight excluding hydrogens is 499 g/mol. The number of carbonyl (C=O) groups is 2. The Kier molecular flexibility index (Phi) is 6.28. The van der Waals surface area contributed by atoms with E-state index in [0.717, 1.165) is 32.1 Å². The summed E-state index contributed by atoms with van der Waals surface area (Å²) in [5.41, 5.74) is 5.96. The van der Waals surface area contributed by atoms with Gasteiger partial charge in [-0.2, -0.15) is 12.7 Å².